The molecule has 2 saturated heterocycles. The van der Waals surface area contributed by atoms with Crippen molar-refractivity contribution < 1.29 is 62.8 Å². The molecule has 0 bridgehead atoms. The van der Waals surface area contributed by atoms with Crippen LogP contribution in [0.5, 0.6) is 0 Å². The Hall–Kier alpha value is -1.62. The van der Waals surface area contributed by atoms with Gasteiger partial charge in [0.25, 0.3) is 5.56 Å². The van der Waals surface area contributed by atoms with Crippen molar-refractivity contribution in [2.24, 2.45) is 0 Å². The van der Waals surface area contributed by atoms with Gasteiger partial charge < -0.3 is 49.5 Å². The van der Waals surface area contributed by atoms with Gasteiger partial charge in [0.15, 0.2) is 28.4 Å². The number of halogens is 1. The average Bonchev–Trinajstić information content (AvgIpc) is 3.66. The summed E-state index contributed by atoms with van der Waals surface area (Å²) < 4.78 is 46.1. The summed E-state index contributed by atoms with van der Waals surface area (Å²) in [5.74, 6) is 0. The molecular formula is C27H40BrN5O14P2S. The fourth-order valence-electron chi connectivity index (χ4n) is 5.19. The van der Waals surface area contributed by atoms with Crippen molar-refractivity contribution >= 4 is 53.1 Å². The quantitative estimate of drug-likeness (QED) is 0.0934. The SMILES string of the molecule is CCN(CC)CC.O=c1c2nc(Br)n([C@@H]3O[C@H](COP(=O)(O)Sc4ccccc4)[C@@H](O)[C@H]3O)c2ncn1[C@@H]1O[C@H](COP(=O)(O)O)[C@@H](O)[C@H]1O. The highest BCUT2D eigenvalue weighted by molar-refractivity contribution is 9.10. The third kappa shape index (κ3) is 9.87. The minimum Gasteiger partial charge on any atom is -0.387 e. The van der Waals surface area contributed by atoms with Crippen LogP contribution in [0, 0.1) is 0 Å². The van der Waals surface area contributed by atoms with Gasteiger partial charge in [0.05, 0.1) is 13.2 Å². The van der Waals surface area contributed by atoms with Gasteiger partial charge in [-0.1, -0.05) is 39.0 Å². The summed E-state index contributed by atoms with van der Waals surface area (Å²) in [6, 6.07) is 8.32. The van der Waals surface area contributed by atoms with E-state index >= 15 is 0 Å². The maximum Gasteiger partial charge on any atom is 0.469 e. The zero-order valence-electron chi connectivity index (χ0n) is 27.0. The Morgan fingerprint density at radius 1 is 0.880 bits per heavy atom. The van der Waals surface area contributed by atoms with Crippen LogP contribution in [0.4, 0.5) is 0 Å². The normalized spacial score (nSPS) is 28.2. The van der Waals surface area contributed by atoms with Crippen LogP contribution in [0.1, 0.15) is 33.2 Å². The van der Waals surface area contributed by atoms with Crippen LogP contribution in [0.15, 0.2) is 51.1 Å². The van der Waals surface area contributed by atoms with Crippen molar-refractivity contribution in [3.8, 4) is 0 Å². The van der Waals surface area contributed by atoms with E-state index in [4.69, 9.17) is 23.8 Å². The van der Waals surface area contributed by atoms with Crippen molar-refractivity contribution in [1.82, 2.24) is 24.0 Å². The van der Waals surface area contributed by atoms with Gasteiger partial charge in [0.2, 0.25) is 0 Å². The highest BCUT2D eigenvalue weighted by atomic mass is 79.9. The molecule has 3 aromatic rings. The molecule has 5 rings (SSSR count). The number of benzene rings is 1. The van der Waals surface area contributed by atoms with E-state index < -0.39 is 82.5 Å². The summed E-state index contributed by atoms with van der Waals surface area (Å²) in [6.45, 7) is 4.54. The molecule has 19 nitrogen and oxygen atoms in total. The molecule has 1 aromatic carbocycles. The molecule has 2 aliphatic rings. The van der Waals surface area contributed by atoms with E-state index in [0.29, 0.717) is 16.3 Å². The number of phosphoric ester groups is 1. The Labute approximate surface area is 298 Å². The first kappa shape index (κ1) is 41.1. The lowest BCUT2D eigenvalue weighted by Gasteiger charge is -2.19. The molecule has 1 unspecified atom stereocenters. The fourth-order valence-corrected chi connectivity index (χ4v) is 8.52. The molecule has 0 amide bonds. The number of hydrogen-bond acceptors (Lipinski definition) is 15. The number of ether oxygens (including phenoxy) is 2. The Bertz CT molecular complexity index is 1720. The smallest absolute Gasteiger partial charge is 0.387 e. The molecule has 0 saturated carbocycles. The molecule has 7 N–H and O–H groups in total. The van der Waals surface area contributed by atoms with Crippen LogP contribution in [0.3, 0.4) is 0 Å². The molecule has 9 atom stereocenters. The first-order chi connectivity index (χ1) is 23.5. The second-order valence-corrected chi connectivity index (χ2v) is 16.8. The van der Waals surface area contributed by atoms with E-state index in [1.165, 1.54) is 19.6 Å². The summed E-state index contributed by atoms with van der Waals surface area (Å²) in [7, 11) is -4.91. The zero-order valence-corrected chi connectivity index (χ0v) is 31.2. The molecular weight excluding hydrogens is 792 g/mol. The Kier molecular flexibility index (Phi) is 14.4. The van der Waals surface area contributed by atoms with E-state index in [0.717, 1.165) is 15.5 Å². The van der Waals surface area contributed by atoms with Gasteiger partial charge in [-0.05, 0) is 59.1 Å². The maximum absolute atomic E-state index is 13.3. The van der Waals surface area contributed by atoms with Crippen LogP contribution in [-0.2, 0) is 27.7 Å². The molecule has 23 heteroatoms. The number of aliphatic hydroxyl groups is 4. The molecule has 0 spiro atoms. The van der Waals surface area contributed by atoms with E-state index in [1.807, 2.05) is 0 Å². The Balaban J connectivity index is 0.000000727. The Morgan fingerprint density at radius 2 is 1.42 bits per heavy atom. The van der Waals surface area contributed by atoms with Gasteiger partial charge in [-0.3, -0.25) is 23.0 Å². The fraction of sp³-hybridized carbons (Fsp3) is 0.593. The van der Waals surface area contributed by atoms with Crippen LogP contribution < -0.4 is 5.56 Å². The summed E-state index contributed by atoms with van der Waals surface area (Å²) in [6.07, 6.45) is -11.2. The number of nitrogens with zero attached hydrogens (tertiary/aromatic N) is 5. The third-order valence-electron chi connectivity index (χ3n) is 7.90. The first-order valence-electron chi connectivity index (χ1n) is 15.3. The molecule has 0 radical (unpaired) electrons. The highest BCUT2D eigenvalue weighted by Gasteiger charge is 2.47. The lowest BCUT2D eigenvalue weighted by atomic mass is 10.1. The average molecular weight is 833 g/mol. The van der Waals surface area contributed by atoms with E-state index in [1.54, 1.807) is 30.3 Å². The van der Waals surface area contributed by atoms with Crippen LogP contribution in [-0.4, -0.2) is 129 Å². The highest BCUT2D eigenvalue weighted by Crippen LogP contribution is 2.59. The van der Waals surface area contributed by atoms with Crippen molar-refractivity contribution in [2.45, 2.75) is 74.7 Å². The van der Waals surface area contributed by atoms with Crippen LogP contribution in [0.2, 0.25) is 0 Å². The Morgan fingerprint density at radius 3 is 1.96 bits per heavy atom. The number of imidazole rings is 1. The summed E-state index contributed by atoms with van der Waals surface area (Å²) in [5.41, 5.74) is -1.31. The van der Waals surface area contributed by atoms with Crippen LogP contribution >= 0.6 is 41.9 Å². The molecule has 2 fully saturated rings. The number of aliphatic hydroxyl groups excluding tert-OH is 4. The number of fused-ring (bicyclic) bond motifs is 1. The van der Waals surface area contributed by atoms with Crippen LogP contribution in [0.25, 0.3) is 11.2 Å². The minimum absolute atomic E-state index is 0.0593. The second-order valence-electron chi connectivity index (χ2n) is 11.0. The van der Waals surface area contributed by atoms with Gasteiger partial charge in [-0.2, -0.15) is 0 Å². The minimum atomic E-state index is -4.91. The predicted octanol–water partition coefficient (Wildman–Crippen LogP) is 0.961. The number of rotatable bonds is 13. The number of hydrogen-bond donors (Lipinski definition) is 7. The lowest BCUT2D eigenvalue weighted by molar-refractivity contribution is -0.0541. The van der Waals surface area contributed by atoms with Crippen molar-refractivity contribution in [1.29, 1.82) is 0 Å². The van der Waals surface area contributed by atoms with E-state index in [-0.39, 0.29) is 15.9 Å². The zero-order chi connectivity index (χ0) is 37.0. The lowest BCUT2D eigenvalue weighted by Crippen LogP contribution is -2.36. The number of phosphoric acid groups is 1. The van der Waals surface area contributed by atoms with Gasteiger partial charge in [-0.15, -0.1) is 0 Å². The molecule has 2 aromatic heterocycles. The van der Waals surface area contributed by atoms with Gasteiger partial charge in [0, 0.05) is 4.90 Å². The molecule has 50 heavy (non-hydrogen) atoms. The maximum atomic E-state index is 13.3. The second kappa shape index (κ2) is 17.5. The predicted molar refractivity (Wildman–Crippen MR) is 181 cm³/mol. The molecule has 280 valence electrons. The topological polar surface area (TPSA) is 269 Å². The number of aromatic nitrogens is 4. The monoisotopic (exact) mass is 831 g/mol. The van der Waals surface area contributed by atoms with E-state index in [2.05, 4.69) is 56.1 Å². The van der Waals surface area contributed by atoms with Crippen molar-refractivity contribution in [2.75, 3.05) is 32.8 Å². The van der Waals surface area contributed by atoms with Crippen molar-refractivity contribution in [3.05, 3.63) is 51.7 Å². The third-order valence-corrected chi connectivity index (χ3v) is 11.8. The van der Waals surface area contributed by atoms with Crippen molar-refractivity contribution in [3.63, 3.8) is 0 Å². The summed E-state index contributed by atoms with van der Waals surface area (Å²) in [4.78, 5) is 52.4. The standard InChI is InChI=1S/C21H25BrN4O14P2S.C6H15N/c22-21-24-12-17(23-8-25(18(12)31)19-15(29)13(27)10(39-19)6-37-41(32,33)34)26(21)20-16(30)14(28)11(40-20)7-38-42(35,36)43-9-4-2-1-3-5-9;1-4-7(5-2)6-3/h1-5,8,10-11,13-16,19-20,27-30H,6-7H2,(H,35,36)(H2,32,33,34);4-6H2,1-3H3/t10-,11-,13-,14-,15-,16-,19-,20-;/m1./s1. The summed E-state index contributed by atoms with van der Waals surface area (Å²) >= 11 is 3.75. The van der Waals surface area contributed by atoms with E-state index in [9.17, 15) is 39.2 Å². The van der Waals surface area contributed by atoms with Gasteiger partial charge in [0.1, 0.15) is 43.0 Å². The van der Waals surface area contributed by atoms with Gasteiger partial charge >= 0.3 is 14.6 Å². The molecule has 4 heterocycles. The first-order valence-corrected chi connectivity index (χ1v) is 20.7. The largest absolute Gasteiger partial charge is 0.469 e. The molecule has 0 aliphatic carbocycles. The van der Waals surface area contributed by atoms with Gasteiger partial charge in [-0.25, -0.2) is 19.1 Å². The summed E-state index contributed by atoms with van der Waals surface area (Å²) in [5, 5.41) is 42.0. The molecule has 2 aliphatic heterocycles.